The van der Waals surface area contributed by atoms with Gasteiger partial charge in [0.05, 0.1) is 34.2 Å². The molecule has 4 N–H and O–H groups in total. The molecular weight excluding hydrogens is 172 g/mol. The molecule has 0 amide bonds. The molecule has 80 valence electrons. The van der Waals surface area contributed by atoms with Gasteiger partial charge >= 0.3 is 5.97 Å². The Morgan fingerprint density at radius 1 is 1.38 bits per heavy atom. The second-order valence-electron chi connectivity index (χ2n) is 3.67. The van der Waals surface area contributed by atoms with Crippen molar-refractivity contribution in [2.45, 2.75) is 6.42 Å². The number of aliphatic hydroxyl groups is 1. The van der Waals surface area contributed by atoms with Crippen LogP contribution in [0.15, 0.2) is 0 Å². The number of carboxylic acid groups (broad SMARTS) is 1. The maximum atomic E-state index is 9.52. The number of carbonyl (C=O) groups is 1. The topological polar surface area (TPSA) is 83.5 Å². The Hall–Kier alpha value is -0.650. The van der Waals surface area contributed by atoms with E-state index >= 15 is 0 Å². The third-order valence-electron chi connectivity index (χ3n) is 1.13. The summed E-state index contributed by atoms with van der Waals surface area (Å²) in [5.74, 6) is -0.836. The van der Waals surface area contributed by atoms with Gasteiger partial charge in [-0.3, -0.25) is 4.79 Å². The Balaban J connectivity index is 0. The van der Waals surface area contributed by atoms with Crippen molar-refractivity contribution in [1.82, 2.24) is 0 Å². The van der Waals surface area contributed by atoms with Gasteiger partial charge in [0.25, 0.3) is 0 Å². The standard InChI is InChI=1S/C5H14NO.C3H7NO2/c1-6(2,3)4-5-7;4-2-1-3(5)6/h7H,4-5H2,1-3H3;1-2,4H2,(H,5,6)/q+1;. The monoisotopic (exact) mass is 193 g/mol. The first-order chi connectivity index (χ1) is 5.83. The van der Waals surface area contributed by atoms with Crippen molar-refractivity contribution >= 4 is 5.97 Å². The Kier molecular flexibility index (Phi) is 9.11. The van der Waals surface area contributed by atoms with E-state index in [1.54, 1.807) is 0 Å². The van der Waals surface area contributed by atoms with Crippen LogP contribution in [0.2, 0.25) is 0 Å². The van der Waals surface area contributed by atoms with Gasteiger partial charge in [0.15, 0.2) is 0 Å². The molecule has 5 nitrogen and oxygen atoms in total. The molecule has 0 radical (unpaired) electrons. The van der Waals surface area contributed by atoms with Gasteiger partial charge in [-0.1, -0.05) is 0 Å². The number of aliphatic carboxylic acids is 1. The molecule has 13 heavy (non-hydrogen) atoms. The quantitative estimate of drug-likeness (QED) is 0.505. The highest BCUT2D eigenvalue weighted by Crippen LogP contribution is 1.84. The molecule has 0 bridgehead atoms. The van der Waals surface area contributed by atoms with Gasteiger partial charge in [-0.05, 0) is 0 Å². The van der Waals surface area contributed by atoms with Crippen LogP contribution < -0.4 is 5.73 Å². The van der Waals surface area contributed by atoms with E-state index in [2.05, 4.69) is 21.1 Å². The highest BCUT2D eigenvalue weighted by molar-refractivity contribution is 5.66. The van der Waals surface area contributed by atoms with Crippen LogP contribution in [0.3, 0.4) is 0 Å². The molecule has 0 aromatic heterocycles. The van der Waals surface area contributed by atoms with Gasteiger partial charge in [0.2, 0.25) is 0 Å². The zero-order valence-corrected chi connectivity index (χ0v) is 8.66. The van der Waals surface area contributed by atoms with Crippen LogP contribution in [0.1, 0.15) is 6.42 Å². The lowest BCUT2D eigenvalue weighted by Crippen LogP contribution is -2.36. The van der Waals surface area contributed by atoms with Crippen molar-refractivity contribution in [3.8, 4) is 0 Å². The lowest BCUT2D eigenvalue weighted by molar-refractivity contribution is -0.870. The van der Waals surface area contributed by atoms with Crippen molar-refractivity contribution < 1.29 is 19.5 Å². The van der Waals surface area contributed by atoms with E-state index in [1.807, 2.05) is 0 Å². The van der Waals surface area contributed by atoms with E-state index in [0.29, 0.717) is 0 Å². The molecule has 0 saturated heterocycles. The van der Waals surface area contributed by atoms with E-state index < -0.39 is 5.97 Å². The van der Waals surface area contributed by atoms with Crippen LogP contribution in [0.25, 0.3) is 0 Å². The minimum atomic E-state index is -0.836. The van der Waals surface area contributed by atoms with Crippen molar-refractivity contribution in [2.75, 3.05) is 40.8 Å². The Labute approximate surface area is 79.4 Å². The van der Waals surface area contributed by atoms with Crippen LogP contribution >= 0.6 is 0 Å². The average molecular weight is 193 g/mol. The number of likely N-dealkylation sites (N-methyl/N-ethyl adjacent to an activating group) is 1. The lowest BCUT2D eigenvalue weighted by atomic mass is 10.5. The number of aliphatic hydroxyl groups excluding tert-OH is 1. The minimum Gasteiger partial charge on any atom is -0.481 e. The van der Waals surface area contributed by atoms with Gasteiger partial charge in [-0.25, -0.2) is 0 Å². The number of quaternary nitrogens is 1. The summed E-state index contributed by atoms with van der Waals surface area (Å²) in [4.78, 5) is 9.52. The summed E-state index contributed by atoms with van der Waals surface area (Å²) in [5, 5.41) is 16.2. The first-order valence-electron chi connectivity index (χ1n) is 4.16. The fraction of sp³-hybridized carbons (Fsp3) is 0.875. The van der Waals surface area contributed by atoms with Crippen LogP contribution in [0.5, 0.6) is 0 Å². The maximum Gasteiger partial charge on any atom is 0.304 e. The third kappa shape index (κ3) is 24.6. The fourth-order valence-corrected chi connectivity index (χ4v) is 0.423. The smallest absolute Gasteiger partial charge is 0.304 e. The zero-order chi connectivity index (χ0) is 10.9. The van der Waals surface area contributed by atoms with Crippen LogP contribution in [-0.4, -0.2) is 61.5 Å². The molecule has 5 heteroatoms. The SMILES string of the molecule is C[N+](C)(C)CCO.NCCC(=O)O. The lowest BCUT2D eigenvalue weighted by Gasteiger charge is -2.21. The Morgan fingerprint density at radius 3 is 1.85 bits per heavy atom. The summed E-state index contributed by atoms with van der Waals surface area (Å²) < 4.78 is 0.844. The highest BCUT2D eigenvalue weighted by Gasteiger charge is 2.02. The van der Waals surface area contributed by atoms with E-state index in [1.165, 1.54) is 0 Å². The summed E-state index contributed by atoms with van der Waals surface area (Å²) in [6.07, 6.45) is 0.0694. The van der Waals surface area contributed by atoms with Crippen LogP contribution in [-0.2, 0) is 4.79 Å². The number of carboxylic acids is 1. The summed E-state index contributed by atoms with van der Waals surface area (Å²) in [6, 6.07) is 0. The predicted molar refractivity (Wildman–Crippen MR) is 51.3 cm³/mol. The first-order valence-corrected chi connectivity index (χ1v) is 4.16. The normalized spacial score (nSPS) is 10.2. The summed E-state index contributed by atoms with van der Waals surface area (Å²) >= 11 is 0. The molecule has 0 aliphatic rings. The van der Waals surface area contributed by atoms with Crippen molar-refractivity contribution in [2.24, 2.45) is 5.73 Å². The second-order valence-corrected chi connectivity index (χ2v) is 3.67. The molecule has 0 heterocycles. The molecule has 0 aliphatic carbocycles. The summed E-state index contributed by atoms with van der Waals surface area (Å²) in [6.45, 7) is 1.35. The molecule has 0 aromatic carbocycles. The van der Waals surface area contributed by atoms with Crippen molar-refractivity contribution in [1.29, 1.82) is 0 Å². The van der Waals surface area contributed by atoms with Gasteiger partial charge < -0.3 is 20.4 Å². The number of hydrogen-bond acceptors (Lipinski definition) is 3. The number of nitrogens with zero attached hydrogens (tertiary/aromatic N) is 1. The number of hydrogen-bond donors (Lipinski definition) is 3. The fourth-order valence-electron chi connectivity index (χ4n) is 0.423. The van der Waals surface area contributed by atoms with Crippen LogP contribution in [0, 0.1) is 0 Å². The minimum absolute atomic E-state index is 0.0694. The van der Waals surface area contributed by atoms with Crippen LogP contribution in [0.4, 0.5) is 0 Å². The summed E-state index contributed by atoms with van der Waals surface area (Å²) in [7, 11) is 6.16. The van der Waals surface area contributed by atoms with Crippen molar-refractivity contribution in [3.05, 3.63) is 0 Å². The highest BCUT2D eigenvalue weighted by atomic mass is 16.4. The van der Waals surface area contributed by atoms with Gasteiger partial charge in [-0.2, -0.15) is 0 Å². The zero-order valence-electron chi connectivity index (χ0n) is 8.66. The van der Waals surface area contributed by atoms with E-state index in [9.17, 15) is 4.79 Å². The predicted octanol–water partition coefficient (Wildman–Crippen LogP) is -0.895. The third-order valence-corrected chi connectivity index (χ3v) is 1.13. The van der Waals surface area contributed by atoms with E-state index in [-0.39, 0.29) is 19.6 Å². The maximum absolute atomic E-state index is 9.52. The molecule has 0 rings (SSSR count). The number of rotatable bonds is 4. The largest absolute Gasteiger partial charge is 0.481 e. The van der Waals surface area contributed by atoms with Crippen molar-refractivity contribution in [3.63, 3.8) is 0 Å². The Bertz CT molecular complexity index is 132. The Morgan fingerprint density at radius 2 is 1.85 bits per heavy atom. The van der Waals surface area contributed by atoms with Gasteiger partial charge in [-0.15, -0.1) is 0 Å². The molecule has 0 atom stereocenters. The molecule has 0 aliphatic heterocycles. The van der Waals surface area contributed by atoms with Gasteiger partial charge in [0, 0.05) is 6.54 Å². The molecule has 0 unspecified atom stereocenters. The average Bonchev–Trinajstić information content (AvgIpc) is 1.84. The number of nitrogens with two attached hydrogens (primary N) is 1. The van der Waals surface area contributed by atoms with Gasteiger partial charge in [0.1, 0.15) is 6.54 Å². The molecule has 0 spiro atoms. The second kappa shape index (κ2) is 7.97. The molecular formula is C8H21N2O3+. The van der Waals surface area contributed by atoms with E-state index in [0.717, 1.165) is 11.0 Å². The first kappa shape index (κ1) is 14.9. The molecule has 0 saturated carbocycles. The summed E-state index contributed by atoms with van der Waals surface area (Å²) in [5.41, 5.74) is 4.85. The van der Waals surface area contributed by atoms with E-state index in [4.69, 9.17) is 15.9 Å². The molecule has 0 aromatic rings. The molecule has 0 fully saturated rings.